The van der Waals surface area contributed by atoms with E-state index in [-0.39, 0.29) is 0 Å². The fourth-order valence-corrected chi connectivity index (χ4v) is 3.58. The molecule has 0 fully saturated rings. The van der Waals surface area contributed by atoms with Gasteiger partial charge in [-0.15, -0.1) is 11.3 Å². The van der Waals surface area contributed by atoms with Crippen molar-refractivity contribution in [3.05, 3.63) is 54.6 Å². The molecule has 28 heavy (non-hydrogen) atoms. The van der Waals surface area contributed by atoms with Crippen LogP contribution in [0.15, 0.2) is 53.4 Å². The first-order chi connectivity index (χ1) is 13.3. The van der Waals surface area contributed by atoms with Crippen LogP contribution in [0, 0.1) is 0 Å². The first-order valence-corrected chi connectivity index (χ1v) is 9.24. The van der Waals surface area contributed by atoms with E-state index in [1.807, 2.05) is 24.3 Å². The number of aromatic nitrogens is 1. The molecule has 0 saturated carbocycles. The maximum Gasteiger partial charge on any atom is 0.267 e. The molecule has 1 atom stereocenters. The zero-order chi connectivity index (χ0) is 20.3. The van der Waals surface area contributed by atoms with Crippen LogP contribution in [-0.4, -0.2) is 33.6 Å². The molecule has 3 aromatic rings. The Balaban J connectivity index is 1.75. The molecule has 9 heteroatoms. The van der Waals surface area contributed by atoms with Crippen molar-refractivity contribution in [2.45, 2.75) is 25.4 Å². The zero-order valence-corrected chi connectivity index (χ0v) is 16.1. The van der Waals surface area contributed by atoms with Gasteiger partial charge in [0.05, 0.1) is 11.1 Å². The van der Waals surface area contributed by atoms with Crippen molar-refractivity contribution in [1.82, 2.24) is 15.8 Å². The summed E-state index contributed by atoms with van der Waals surface area (Å²) in [5.74, 6) is -0.548. The van der Waals surface area contributed by atoms with Gasteiger partial charge in [-0.25, -0.2) is 10.5 Å². The number of nitrogens with zero attached hydrogens (tertiary/aromatic N) is 1. The van der Waals surface area contributed by atoms with Crippen LogP contribution in [0.2, 0.25) is 0 Å². The van der Waals surface area contributed by atoms with E-state index in [1.165, 1.54) is 11.9 Å². The van der Waals surface area contributed by atoms with Gasteiger partial charge in [-0.2, -0.15) is 0 Å². The van der Waals surface area contributed by atoms with Crippen LogP contribution >= 0.6 is 11.3 Å². The average Bonchev–Trinajstić information content (AvgIpc) is 3.35. The lowest BCUT2D eigenvalue weighted by molar-refractivity contribution is -0.132. The smallest absolute Gasteiger partial charge is 0.267 e. The van der Waals surface area contributed by atoms with Crippen molar-refractivity contribution in [2.75, 3.05) is 0 Å². The molecule has 5 N–H and O–H groups in total. The Kier molecular flexibility index (Phi) is 5.59. The zero-order valence-electron chi connectivity index (χ0n) is 15.3. The highest BCUT2D eigenvalue weighted by Gasteiger charge is 2.33. The number of amides is 2. The van der Waals surface area contributed by atoms with Crippen LogP contribution in [0.3, 0.4) is 0 Å². The van der Waals surface area contributed by atoms with E-state index >= 15 is 0 Å². The summed E-state index contributed by atoms with van der Waals surface area (Å²) < 4.78 is 5.30. The minimum atomic E-state index is -1.09. The number of carbonyl (C=O) groups is 2. The number of nitrogens with one attached hydrogen (secondary N) is 2. The summed E-state index contributed by atoms with van der Waals surface area (Å²) in [4.78, 5) is 30.2. The van der Waals surface area contributed by atoms with E-state index in [9.17, 15) is 9.59 Å². The first kappa shape index (κ1) is 19.7. The van der Waals surface area contributed by atoms with Gasteiger partial charge in [-0.1, -0.05) is 12.1 Å². The van der Waals surface area contributed by atoms with Crippen molar-refractivity contribution >= 4 is 23.2 Å². The number of hydroxylamine groups is 1. The molecular formula is C19H20N4O4S. The van der Waals surface area contributed by atoms with Crippen LogP contribution in [0.5, 0.6) is 0 Å². The number of thiophene rings is 1. The molecule has 2 amide bonds. The molecule has 0 spiro atoms. The van der Waals surface area contributed by atoms with Gasteiger partial charge >= 0.3 is 0 Å². The molecule has 1 aromatic carbocycles. The Bertz CT molecular complexity index is 959. The molecular weight excluding hydrogens is 380 g/mol. The SMILES string of the molecule is CC(C)(N)[C@H](NC(=O)c1ccc(-c2ccc(-c3cnco3)s2)cc1)C(=O)NO. The van der Waals surface area contributed by atoms with E-state index < -0.39 is 23.4 Å². The quantitative estimate of drug-likeness (QED) is 0.371. The summed E-state index contributed by atoms with van der Waals surface area (Å²) in [5.41, 5.74) is 7.71. The molecule has 3 rings (SSSR count). The lowest BCUT2D eigenvalue weighted by Gasteiger charge is -2.29. The minimum Gasteiger partial charge on any atom is -0.443 e. The topological polar surface area (TPSA) is 130 Å². The Hall–Kier alpha value is -3.01. The van der Waals surface area contributed by atoms with Gasteiger partial charge in [0.1, 0.15) is 6.04 Å². The second-order valence-electron chi connectivity index (χ2n) is 6.81. The third-order valence-corrected chi connectivity index (χ3v) is 5.25. The summed E-state index contributed by atoms with van der Waals surface area (Å²) in [6.07, 6.45) is 3.04. The van der Waals surface area contributed by atoms with E-state index in [1.54, 1.807) is 43.5 Å². The van der Waals surface area contributed by atoms with Gasteiger partial charge in [0.15, 0.2) is 12.2 Å². The fourth-order valence-electron chi connectivity index (χ4n) is 2.62. The Morgan fingerprint density at radius 1 is 1.18 bits per heavy atom. The van der Waals surface area contributed by atoms with Crippen molar-refractivity contribution in [3.8, 4) is 21.1 Å². The number of oxazole rings is 1. The number of benzene rings is 1. The van der Waals surface area contributed by atoms with Crippen molar-refractivity contribution in [3.63, 3.8) is 0 Å². The summed E-state index contributed by atoms with van der Waals surface area (Å²) >= 11 is 1.55. The maximum atomic E-state index is 12.5. The van der Waals surface area contributed by atoms with Gasteiger partial charge in [-0.05, 0) is 43.7 Å². The van der Waals surface area contributed by atoms with E-state index in [0.717, 1.165) is 15.3 Å². The molecule has 0 aliphatic heterocycles. The molecule has 0 bridgehead atoms. The lowest BCUT2D eigenvalue weighted by atomic mass is 9.95. The highest BCUT2D eigenvalue weighted by Crippen LogP contribution is 2.34. The monoisotopic (exact) mass is 400 g/mol. The second kappa shape index (κ2) is 7.93. The molecule has 0 unspecified atom stereocenters. The number of hydrogen-bond donors (Lipinski definition) is 4. The summed E-state index contributed by atoms with van der Waals surface area (Å²) in [7, 11) is 0. The molecule has 0 aliphatic rings. The summed E-state index contributed by atoms with van der Waals surface area (Å²) in [6.45, 7) is 3.17. The summed E-state index contributed by atoms with van der Waals surface area (Å²) in [5, 5.41) is 11.4. The normalized spacial score (nSPS) is 12.4. The number of hydrogen-bond acceptors (Lipinski definition) is 7. The number of carbonyl (C=O) groups excluding carboxylic acids is 2. The van der Waals surface area contributed by atoms with Crippen LogP contribution in [-0.2, 0) is 4.79 Å². The highest BCUT2D eigenvalue weighted by molar-refractivity contribution is 7.18. The van der Waals surface area contributed by atoms with Gasteiger partial charge < -0.3 is 15.5 Å². The molecule has 2 heterocycles. The second-order valence-corrected chi connectivity index (χ2v) is 7.89. The molecule has 146 valence electrons. The lowest BCUT2D eigenvalue weighted by Crippen LogP contribution is -2.61. The van der Waals surface area contributed by atoms with E-state index in [4.69, 9.17) is 15.4 Å². The molecule has 2 aromatic heterocycles. The fraction of sp³-hybridized carbons (Fsp3) is 0.211. The van der Waals surface area contributed by atoms with E-state index in [0.29, 0.717) is 11.3 Å². The number of rotatable bonds is 6. The predicted molar refractivity (Wildman–Crippen MR) is 105 cm³/mol. The first-order valence-electron chi connectivity index (χ1n) is 8.42. The Morgan fingerprint density at radius 2 is 1.86 bits per heavy atom. The van der Waals surface area contributed by atoms with E-state index in [2.05, 4.69) is 10.3 Å². The van der Waals surface area contributed by atoms with Gasteiger partial charge in [0, 0.05) is 16.0 Å². The van der Waals surface area contributed by atoms with Crippen molar-refractivity contribution in [1.29, 1.82) is 0 Å². The Labute approximate surface area is 165 Å². The highest BCUT2D eigenvalue weighted by atomic mass is 32.1. The summed E-state index contributed by atoms with van der Waals surface area (Å²) in [6, 6.07) is 9.79. The number of nitrogens with two attached hydrogens (primary N) is 1. The largest absolute Gasteiger partial charge is 0.443 e. The predicted octanol–water partition coefficient (Wildman–Crippen LogP) is 2.41. The van der Waals surface area contributed by atoms with Crippen LogP contribution in [0.1, 0.15) is 24.2 Å². The Morgan fingerprint density at radius 3 is 2.43 bits per heavy atom. The molecule has 0 radical (unpaired) electrons. The molecule has 8 nitrogen and oxygen atoms in total. The van der Waals surface area contributed by atoms with Crippen LogP contribution in [0.25, 0.3) is 21.1 Å². The standard InChI is InChI=1S/C19H20N4O4S/c1-19(2,20)16(18(25)23-26)22-17(24)12-5-3-11(4-6-12)14-7-8-15(28-14)13-9-21-10-27-13/h3-10,16,26H,20H2,1-2H3,(H,22,24)(H,23,25)/t16-/m1/s1. The van der Waals surface area contributed by atoms with Crippen molar-refractivity contribution in [2.24, 2.45) is 5.73 Å². The molecule has 0 saturated heterocycles. The van der Waals surface area contributed by atoms with Crippen LogP contribution in [0.4, 0.5) is 0 Å². The minimum absolute atomic E-state index is 0.371. The molecule has 0 aliphatic carbocycles. The van der Waals surface area contributed by atoms with Crippen LogP contribution < -0.4 is 16.5 Å². The van der Waals surface area contributed by atoms with Crippen molar-refractivity contribution < 1.29 is 19.2 Å². The third kappa shape index (κ3) is 4.28. The van der Waals surface area contributed by atoms with Gasteiger partial charge in [0.25, 0.3) is 11.8 Å². The maximum absolute atomic E-state index is 12.5. The average molecular weight is 400 g/mol. The third-order valence-electron chi connectivity index (χ3n) is 4.10. The van der Waals surface area contributed by atoms with Gasteiger partial charge in [0.2, 0.25) is 0 Å². The van der Waals surface area contributed by atoms with Gasteiger partial charge in [-0.3, -0.25) is 14.8 Å².